The number of benzene rings is 2. The van der Waals surface area contributed by atoms with Crippen LogP contribution in [0.2, 0.25) is 0 Å². The van der Waals surface area contributed by atoms with Crippen molar-refractivity contribution in [3.63, 3.8) is 0 Å². The van der Waals surface area contributed by atoms with E-state index in [2.05, 4.69) is 14.7 Å². The largest absolute Gasteiger partial charge is 0.396 e. The van der Waals surface area contributed by atoms with Crippen LogP contribution in [0.1, 0.15) is 29.3 Å². The summed E-state index contributed by atoms with van der Waals surface area (Å²) in [6, 6.07) is 14.0. The number of amides is 1. The predicted molar refractivity (Wildman–Crippen MR) is 117 cm³/mol. The minimum atomic E-state index is 0.0226. The van der Waals surface area contributed by atoms with Crippen LogP contribution in [0.3, 0.4) is 0 Å². The van der Waals surface area contributed by atoms with E-state index in [9.17, 15) is 9.90 Å². The molecule has 0 bridgehead atoms. The Bertz CT molecular complexity index is 1030. The van der Waals surface area contributed by atoms with Crippen LogP contribution in [-0.2, 0) is 4.79 Å². The number of anilines is 2. The summed E-state index contributed by atoms with van der Waals surface area (Å²) >= 11 is 1.37. The van der Waals surface area contributed by atoms with Gasteiger partial charge in [0.15, 0.2) is 0 Å². The Morgan fingerprint density at radius 3 is 2.86 bits per heavy atom. The lowest BCUT2D eigenvalue weighted by molar-refractivity contribution is -0.116. The molecule has 4 rings (SSSR count). The second-order valence-corrected chi connectivity index (χ2v) is 8.05. The SMILES string of the molecule is Cc1nsc(-c2ccc(C)c(NCC(=O)N3CC(CCO)c4ccccc43)c2)n1. The van der Waals surface area contributed by atoms with Gasteiger partial charge in [-0.3, -0.25) is 4.79 Å². The molecule has 1 aliphatic rings. The molecule has 3 aromatic rings. The Kier molecular flexibility index (Phi) is 5.60. The van der Waals surface area contributed by atoms with E-state index in [1.165, 1.54) is 11.5 Å². The van der Waals surface area contributed by atoms with Gasteiger partial charge in [-0.15, -0.1) is 0 Å². The summed E-state index contributed by atoms with van der Waals surface area (Å²) in [5.74, 6) is 0.973. The maximum absolute atomic E-state index is 13.0. The molecule has 0 aliphatic carbocycles. The van der Waals surface area contributed by atoms with Crippen LogP contribution >= 0.6 is 11.5 Å². The van der Waals surface area contributed by atoms with Gasteiger partial charge in [-0.25, -0.2) is 4.98 Å². The molecule has 2 N–H and O–H groups in total. The molecular formula is C22H24N4O2S. The summed E-state index contributed by atoms with van der Waals surface area (Å²) in [4.78, 5) is 19.3. The molecule has 1 unspecified atom stereocenters. The molecule has 0 saturated carbocycles. The first-order valence-corrected chi connectivity index (χ1v) is 10.5. The van der Waals surface area contributed by atoms with Crippen LogP contribution in [0.15, 0.2) is 42.5 Å². The molecule has 150 valence electrons. The monoisotopic (exact) mass is 408 g/mol. The smallest absolute Gasteiger partial charge is 0.246 e. The van der Waals surface area contributed by atoms with Crippen molar-refractivity contribution in [3.05, 3.63) is 59.4 Å². The van der Waals surface area contributed by atoms with E-state index in [0.29, 0.717) is 13.0 Å². The van der Waals surface area contributed by atoms with E-state index < -0.39 is 0 Å². The van der Waals surface area contributed by atoms with Gasteiger partial charge in [-0.05, 0) is 55.1 Å². The van der Waals surface area contributed by atoms with Crippen molar-refractivity contribution in [1.29, 1.82) is 0 Å². The molecule has 0 radical (unpaired) electrons. The van der Waals surface area contributed by atoms with Gasteiger partial charge in [0, 0.05) is 36.0 Å². The second kappa shape index (κ2) is 8.31. The lowest BCUT2D eigenvalue weighted by atomic mass is 9.99. The fourth-order valence-electron chi connectivity index (χ4n) is 3.76. The number of hydrogen-bond acceptors (Lipinski definition) is 6. The minimum Gasteiger partial charge on any atom is -0.396 e. The summed E-state index contributed by atoms with van der Waals surface area (Å²) in [7, 11) is 0. The van der Waals surface area contributed by atoms with E-state index in [1.807, 2.05) is 61.2 Å². The van der Waals surface area contributed by atoms with Crippen LogP contribution < -0.4 is 10.2 Å². The molecule has 0 fully saturated rings. The lowest BCUT2D eigenvalue weighted by Gasteiger charge is -2.19. The van der Waals surface area contributed by atoms with Gasteiger partial charge in [0.2, 0.25) is 5.91 Å². The van der Waals surface area contributed by atoms with Crippen molar-refractivity contribution in [2.45, 2.75) is 26.2 Å². The zero-order valence-electron chi connectivity index (χ0n) is 16.6. The second-order valence-electron chi connectivity index (χ2n) is 7.30. The number of aliphatic hydroxyl groups excluding tert-OH is 1. The molecule has 1 aromatic heterocycles. The average Bonchev–Trinajstić information content (AvgIpc) is 3.32. The number of nitrogens with one attached hydrogen (secondary N) is 1. The van der Waals surface area contributed by atoms with E-state index in [0.717, 1.165) is 38.9 Å². The maximum atomic E-state index is 13.0. The highest BCUT2D eigenvalue weighted by molar-refractivity contribution is 7.09. The van der Waals surface area contributed by atoms with E-state index in [-0.39, 0.29) is 25.0 Å². The molecule has 29 heavy (non-hydrogen) atoms. The first-order valence-electron chi connectivity index (χ1n) is 9.72. The quantitative estimate of drug-likeness (QED) is 0.650. The molecule has 6 nitrogen and oxygen atoms in total. The van der Waals surface area contributed by atoms with Gasteiger partial charge in [0.05, 0.1) is 6.54 Å². The number of aromatic nitrogens is 2. The molecule has 7 heteroatoms. The number of rotatable bonds is 6. The number of nitrogens with zero attached hydrogens (tertiary/aromatic N) is 3. The molecule has 0 saturated heterocycles. The average molecular weight is 409 g/mol. The summed E-state index contributed by atoms with van der Waals surface area (Å²) < 4.78 is 4.25. The van der Waals surface area contributed by atoms with Crippen molar-refractivity contribution >= 4 is 28.8 Å². The highest BCUT2D eigenvalue weighted by Crippen LogP contribution is 2.37. The third kappa shape index (κ3) is 4.02. The van der Waals surface area contributed by atoms with Gasteiger partial charge < -0.3 is 15.3 Å². The first kappa shape index (κ1) is 19.5. The Labute approximate surface area is 174 Å². The summed E-state index contributed by atoms with van der Waals surface area (Å²) in [6.07, 6.45) is 0.663. The molecule has 0 spiro atoms. The van der Waals surface area contributed by atoms with Gasteiger partial charge in [0.25, 0.3) is 0 Å². The van der Waals surface area contributed by atoms with Crippen molar-refractivity contribution in [1.82, 2.24) is 9.36 Å². The van der Waals surface area contributed by atoms with Crippen molar-refractivity contribution in [3.8, 4) is 10.6 Å². The molecule has 1 aliphatic heterocycles. The first-order chi connectivity index (χ1) is 14.1. The topological polar surface area (TPSA) is 78.4 Å². The Morgan fingerprint density at radius 2 is 2.10 bits per heavy atom. The summed E-state index contributed by atoms with van der Waals surface area (Å²) in [6.45, 7) is 4.84. The molecular weight excluding hydrogens is 384 g/mol. The molecule has 1 atom stereocenters. The third-order valence-corrected chi connectivity index (χ3v) is 6.15. The van der Waals surface area contributed by atoms with Gasteiger partial charge >= 0.3 is 0 Å². The van der Waals surface area contributed by atoms with Crippen molar-refractivity contribution < 1.29 is 9.90 Å². The van der Waals surface area contributed by atoms with Crippen molar-refractivity contribution in [2.24, 2.45) is 0 Å². The number of fused-ring (bicyclic) bond motifs is 1. The number of para-hydroxylation sites is 1. The van der Waals surface area contributed by atoms with Gasteiger partial charge in [-0.1, -0.05) is 30.3 Å². The van der Waals surface area contributed by atoms with E-state index in [4.69, 9.17) is 0 Å². The molecule has 1 amide bonds. The standard InChI is InChI=1S/C22H24N4O2S/c1-14-7-8-16(22-24-15(2)25-29-22)11-19(14)23-12-21(28)26-13-17(9-10-27)18-5-3-4-6-20(18)26/h3-8,11,17,23,27H,9-10,12-13H2,1-2H3. The molecule has 2 heterocycles. The van der Waals surface area contributed by atoms with E-state index >= 15 is 0 Å². The number of carbonyl (C=O) groups is 1. The zero-order chi connectivity index (χ0) is 20.4. The van der Waals surface area contributed by atoms with E-state index in [1.54, 1.807) is 0 Å². The molecule has 2 aromatic carbocycles. The third-order valence-electron chi connectivity index (χ3n) is 5.29. The fraction of sp³-hybridized carbons (Fsp3) is 0.318. The lowest BCUT2D eigenvalue weighted by Crippen LogP contribution is -2.35. The maximum Gasteiger partial charge on any atom is 0.246 e. The van der Waals surface area contributed by atoms with Crippen LogP contribution in [-0.4, -0.2) is 40.1 Å². The minimum absolute atomic E-state index is 0.0226. The van der Waals surface area contributed by atoms with Gasteiger partial charge in [0.1, 0.15) is 10.8 Å². The normalized spacial score (nSPS) is 15.4. The van der Waals surface area contributed by atoms with Crippen molar-refractivity contribution in [2.75, 3.05) is 29.9 Å². The Morgan fingerprint density at radius 1 is 1.28 bits per heavy atom. The van der Waals surface area contributed by atoms with Crippen LogP contribution in [0.25, 0.3) is 10.6 Å². The fourth-order valence-corrected chi connectivity index (χ4v) is 4.43. The Balaban J connectivity index is 1.49. The highest BCUT2D eigenvalue weighted by atomic mass is 32.1. The number of aryl methyl sites for hydroxylation is 2. The summed E-state index contributed by atoms with van der Waals surface area (Å²) in [5, 5.41) is 13.5. The van der Waals surface area contributed by atoms with Crippen LogP contribution in [0, 0.1) is 13.8 Å². The highest BCUT2D eigenvalue weighted by Gasteiger charge is 2.31. The summed E-state index contributed by atoms with van der Waals surface area (Å²) in [5.41, 5.74) is 5.07. The number of carbonyl (C=O) groups excluding carboxylic acids is 1. The van der Waals surface area contributed by atoms with Gasteiger partial charge in [-0.2, -0.15) is 4.37 Å². The number of hydrogen-bond donors (Lipinski definition) is 2. The predicted octanol–water partition coefficient (Wildman–Crippen LogP) is 3.75. The van der Waals surface area contributed by atoms with Crippen LogP contribution in [0.5, 0.6) is 0 Å². The Hall–Kier alpha value is -2.77. The number of aliphatic hydroxyl groups is 1. The van der Waals surface area contributed by atoms with Crippen LogP contribution in [0.4, 0.5) is 11.4 Å². The zero-order valence-corrected chi connectivity index (χ0v) is 17.4.